The molecule has 0 aliphatic heterocycles. The van der Waals surface area contributed by atoms with Crippen LogP contribution in [0.4, 0.5) is 18.9 Å². The number of aromatic nitrogens is 2. The van der Waals surface area contributed by atoms with Crippen LogP contribution in [0.1, 0.15) is 12.5 Å². The fraction of sp³-hybridized carbons (Fsp3) is 0.308. The lowest BCUT2D eigenvalue weighted by Crippen LogP contribution is -2.22. The summed E-state index contributed by atoms with van der Waals surface area (Å²) in [5.41, 5.74) is -0.956. The summed E-state index contributed by atoms with van der Waals surface area (Å²) in [7, 11) is 0. The number of hydrogen-bond donors (Lipinski definition) is 1. The van der Waals surface area contributed by atoms with E-state index in [9.17, 15) is 18.0 Å². The average Bonchev–Trinajstić information content (AvgIpc) is 2.95. The van der Waals surface area contributed by atoms with Crippen LogP contribution in [-0.4, -0.2) is 27.6 Å². The number of anilines is 1. The molecule has 0 saturated carbocycles. The molecule has 2 rings (SSSR count). The fourth-order valence-corrected chi connectivity index (χ4v) is 4.40. The SMILES string of the molecule is CSc1nnc(SC(C)C(=O)Nc2ccc(Cl)c(C(F)(F)F)c2)s1. The van der Waals surface area contributed by atoms with Crippen LogP contribution in [0, 0.1) is 0 Å². The van der Waals surface area contributed by atoms with Crippen LogP contribution in [0.5, 0.6) is 0 Å². The van der Waals surface area contributed by atoms with Crippen LogP contribution in [-0.2, 0) is 11.0 Å². The van der Waals surface area contributed by atoms with Crippen molar-refractivity contribution in [1.29, 1.82) is 0 Å². The van der Waals surface area contributed by atoms with Crippen molar-refractivity contribution in [1.82, 2.24) is 10.2 Å². The summed E-state index contributed by atoms with van der Waals surface area (Å²) >= 11 is 9.54. The van der Waals surface area contributed by atoms with Crippen LogP contribution in [0.15, 0.2) is 26.9 Å². The Hall–Kier alpha value is -0.970. The van der Waals surface area contributed by atoms with Crippen LogP contribution in [0.2, 0.25) is 5.02 Å². The average molecular weight is 414 g/mol. The molecule has 130 valence electrons. The van der Waals surface area contributed by atoms with Gasteiger partial charge in [-0.3, -0.25) is 4.79 Å². The molecule has 1 aromatic carbocycles. The Morgan fingerprint density at radius 3 is 2.58 bits per heavy atom. The predicted octanol–water partition coefficient (Wildman–Crippen LogP) is 5.05. The van der Waals surface area contributed by atoms with E-state index in [0.29, 0.717) is 4.34 Å². The minimum Gasteiger partial charge on any atom is -0.325 e. The van der Waals surface area contributed by atoms with E-state index in [2.05, 4.69) is 15.5 Å². The third kappa shape index (κ3) is 5.01. The van der Waals surface area contributed by atoms with Gasteiger partial charge >= 0.3 is 6.18 Å². The lowest BCUT2D eigenvalue weighted by Gasteiger charge is -2.13. The molecule has 0 aliphatic carbocycles. The summed E-state index contributed by atoms with van der Waals surface area (Å²) in [4.78, 5) is 12.1. The molecule has 1 atom stereocenters. The minimum absolute atomic E-state index is 0.0336. The van der Waals surface area contributed by atoms with Crippen molar-refractivity contribution in [3.05, 3.63) is 28.8 Å². The second-order valence-corrected chi connectivity index (χ2v) is 8.51. The maximum atomic E-state index is 12.8. The predicted molar refractivity (Wildman–Crippen MR) is 92.1 cm³/mol. The first-order valence-corrected chi connectivity index (χ1v) is 9.72. The van der Waals surface area contributed by atoms with Crippen molar-refractivity contribution in [2.75, 3.05) is 11.6 Å². The smallest absolute Gasteiger partial charge is 0.325 e. The summed E-state index contributed by atoms with van der Waals surface area (Å²) in [6, 6.07) is 3.24. The molecule has 2 aromatic rings. The van der Waals surface area contributed by atoms with Crippen LogP contribution >= 0.6 is 46.5 Å². The molecule has 1 amide bonds. The Bertz CT molecular complexity index is 739. The quantitative estimate of drug-likeness (QED) is 0.695. The first-order chi connectivity index (χ1) is 11.2. The zero-order valence-electron chi connectivity index (χ0n) is 12.3. The molecule has 11 heteroatoms. The van der Waals surface area contributed by atoms with Crippen molar-refractivity contribution >= 4 is 58.1 Å². The van der Waals surface area contributed by atoms with Crippen LogP contribution in [0.25, 0.3) is 0 Å². The molecule has 1 heterocycles. The van der Waals surface area contributed by atoms with Gasteiger partial charge in [0.25, 0.3) is 0 Å². The lowest BCUT2D eigenvalue weighted by molar-refractivity contribution is -0.137. The number of rotatable bonds is 5. The highest BCUT2D eigenvalue weighted by Gasteiger charge is 2.33. The van der Waals surface area contributed by atoms with Gasteiger partial charge in [-0.05, 0) is 31.4 Å². The van der Waals surface area contributed by atoms with E-state index in [-0.39, 0.29) is 5.69 Å². The van der Waals surface area contributed by atoms with E-state index < -0.39 is 27.9 Å². The number of carbonyl (C=O) groups is 1. The van der Waals surface area contributed by atoms with Crippen LogP contribution in [0.3, 0.4) is 0 Å². The monoisotopic (exact) mass is 413 g/mol. The Morgan fingerprint density at radius 1 is 1.33 bits per heavy atom. The number of benzene rings is 1. The van der Waals surface area contributed by atoms with E-state index in [1.54, 1.807) is 6.92 Å². The molecular weight excluding hydrogens is 403 g/mol. The van der Waals surface area contributed by atoms with Gasteiger partial charge in [0, 0.05) is 5.69 Å². The van der Waals surface area contributed by atoms with Gasteiger partial charge in [0.1, 0.15) is 0 Å². The number of carbonyl (C=O) groups excluding carboxylic acids is 1. The summed E-state index contributed by atoms with van der Waals surface area (Å²) in [5, 5.41) is 9.35. The molecule has 4 nitrogen and oxygen atoms in total. The second kappa shape index (κ2) is 7.94. The van der Waals surface area contributed by atoms with Gasteiger partial charge in [0.15, 0.2) is 8.68 Å². The van der Waals surface area contributed by atoms with Gasteiger partial charge in [0.2, 0.25) is 5.91 Å². The van der Waals surface area contributed by atoms with Gasteiger partial charge in [-0.2, -0.15) is 13.2 Å². The standard InChI is InChI=1S/C13H11ClF3N3OS3/c1-6(23-12-20-19-11(22-2)24-12)10(21)18-7-3-4-9(14)8(5-7)13(15,16)17/h3-6H,1-2H3,(H,18,21). The second-order valence-electron chi connectivity index (χ2n) is 4.48. The third-order valence-corrected chi connectivity index (χ3v) is 6.16. The van der Waals surface area contributed by atoms with Crippen molar-refractivity contribution < 1.29 is 18.0 Å². The van der Waals surface area contributed by atoms with Gasteiger partial charge in [-0.25, -0.2) is 0 Å². The zero-order chi connectivity index (χ0) is 17.9. The third-order valence-electron chi connectivity index (χ3n) is 2.75. The summed E-state index contributed by atoms with van der Waals surface area (Å²) in [6.45, 7) is 1.64. The molecular formula is C13H11ClF3N3OS3. The van der Waals surface area contributed by atoms with E-state index in [4.69, 9.17) is 11.6 Å². The Morgan fingerprint density at radius 2 is 2.00 bits per heavy atom. The minimum atomic E-state index is -4.58. The molecule has 1 N–H and O–H groups in total. The molecule has 0 aliphatic rings. The van der Waals surface area contributed by atoms with Crippen LogP contribution < -0.4 is 5.32 Å². The van der Waals surface area contributed by atoms with Gasteiger partial charge in [0.05, 0.1) is 15.8 Å². The fourth-order valence-electron chi connectivity index (χ4n) is 1.60. The number of alkyl halides is 3. The molecule has 0 spiro atoms. The Kier molecular flexibility index (Phi) is 6.40. The highest BCUT2D eigenvalue weighted by atomic mass is 35.5. The normalized spacial score (nSPS) is 12.9. The van der Waals surface area contributed by atoms with E-state index in [1.165, 1.54) is 40.9 Å². The summed E-state index contributed by atoms with van der Waals surface area (Å²) in [5.74, 6) is -0.434. The van der Waals surface area contributed by atoms with Crippen molar-refractivity contribution in [3.63, 3.8) is 0 Å². The van der Waals surface area contributed by atoms with Gasteiger partial charge in [-0.15, -0.1) is 10.2 Å². The molecule has 24 heavy (non-hydrogen) atoms. The number of nitrogens with zero attached hydrogens (tertiary/aromatic N) is 2. The number of thioether (sulfide) groups is 2. The van der Waals surface area contributed by atoms with E-state index >= 15 is 0 Å². The van der Waals surface area contributed by atoms with Gasteiger partial charge < -0.3 is 5.32 Å². The maximum absolute atomic E-state index is 12.8. The first kappa shape index (κ1) is 19.4. The molecule has 1 aromatic heterocycles. The zero-order valence-corrected chi connectivity index (χ0v) is 15.6. The number of amides is 1. The molecule has 0 saturated heterocycles. The first-order valence-electron chi connectivity index (χ1n) is 6.42. The largest absolute Gasteiger partial charge is 0.417 e. The van der Waals surface area contributed by atoms with Crippen molar-refractivity contribution in [2.24, 2.45) is 0 Å². The molecule has 0 bridgehead atoms. The Labute approximate surface area is 153 Å². The van der Waals surface area contributed by atoms with Crippen molar-refractivity contribution in [2.45, 2.75) is 27.0 Å². The molecule has 0 radical (unpaired) electrons. The maximum Gasteiger partial charge on any atom is 0.417 e. The van der Waals surface area contributed by atoms with Gasteiger partial charge in [-0.1, -0.05) is 46.5 Å². The number of hydrogen-bond acceptors (Lipinski definition) is 6. The summed E-state index contributed by atoms with van der Waals surface area (Å²) < 4.78 is 39.9. The highest BCUT2D eigenvalue weighted by molar-refractivity contribution is 8.03. The summed E-state index contributed by atoms with van der Waals surface area (Å²) in [6.07, 6.45) is -2.72. The number of nitrogens with one attached hydrogen (secondary N) is 1. The Balaban J connectivity index is 2.06. The molecule has 0 fully saturated rings. The van der Waals surface area contributed by atoms with E-state index in [0.717, 1.165) is 16.5 Å². The highest BCUT2D eigenvalue weighted by Crippen LogP contribution is 2.36. The lowest BCUT2D eigenvalue weighted by atomic mass is 10.2. The number of halogens is 4. The van der Waals surface area contributed by atoms with E-state index in [1.807, 2.05) is 6.26 Å². The molecule has 1 unspecified atom stereocenters. The topological polar surface area (TPSA) is 54.9 Å². The van der Waals surface area contributed by atoms with Crippen molar-refractivity contribution in [3.8, 4) is 0 Å².